The van der Waals surface area contributed by atoms with E-state index in [0.29, 0.717) is 21.3 Å². The predicted molar refractivity (Wildman–Crippen MR) is 75.5 cm³/mol. The van der Waals surface area contributed by atoms with Crippen molar-refractivity contribution in [2.24, 2.45) is 0 Å². The van der Waals surface area contributed by atoms with Crippen LogP contribution in [-0.4, -0.2) is 5.11 Å². The lowest BCUT2D eigenvalue weighted by atomic mass is 10.1. The number of nitriles is 1. The molecule has 0 atom stereocenters. The van der Waals surface area contributed by atoms with E-state index in [0.717, 1.165) is 0 Å². The number of aliphatic hydroxyl groups is 1. The van der Waals surface area contributed by atoms with Gasteiger partial charge in [0.15, 0.2) is 0 Å². The minimum absolute atomic E-state index is 0.0133. The molecule has 0 aliphatic heterocycles. The number of hydrogen-bond acceptors (Lipinski definition) is 3. The van der Waals surface area contributed by atoms with Crippen molar-refractivity contribution < 1.29 is 14.2 Å². The second kappa shape index (κ2) is 6.51. The average Bonchev–Trinajstić information content (AvgIpc) is 2.47. The van der Waals surface area contributed by atoms with Crippen LogP contribution in [0.1, 0.15) is 16.7 Å². The summed E-state index contributed by atoms with van der Waals surface area (Å²) < 4.78 is 20.1. The summed E-state index contributed by atoms with van der Waals surface area (Å²) in [5, 5.41) is 18.0. The summed E-state index contributed by atoms with van der Waals surface area (Å²) in [7, 11) is 0. The highest BCUT2D eigenvalue weighted by Crippen LogP contribution is 2.30. The molecule has 102 valence electrons. The Labute approximate surface area is 124 Å². The van der Waals surface area contributed by atoms with Crippen molar-refractivity contribution in [3.63, 3.8) is 0 Å². The third kappa shape index (κ3) is 2.98. The molecule has 0 saturated heterocycles. The van der Waals surface area contributed by atoms with E-state index in [1.165, 1.54) is 6.07 Å². The Bertz CT molecular complexity index is 667. The van der Waals surface area contributed by atoms with E-state index in [4.69, 9.17) is 10.00 Å². The fraction of sp³-hybridized carbons (Fsp3) is 0.133. The molecule has 0 saturated carbocycles. The Balaban J connectivity index is 2.24. The third-order valence-electron chi connectivity index (χ3n) is 2.79. The zero-order chi connectivity index (χ0) is 14.5. The van der Waals surface area contributed by atoms with Gasteiger partial charge in [-0.2, -0.15) is 5.26 Å². The Morgan fingerprint density at radius 3 is 2.60 bits per heavy atom. The summed E-state index contributed by atoms with van der Waals surface area (Å²) >= 11 is 3.33. The molecule has 0 unspecified atom stereocenters. The number of nitrogens with zero attached hydrogens (tertiary/aromatic N) is 1. The van der Waals surface area contributed by atoms with E-state index in [1.54, 1.807) is 36.4 Å². The maximum Gasteiger partial charge on any atom is 0.147 e. The summed E-state index contributed by atoms with van der Waals surface area (Å²) in [6, 6.07) is 11.6. The number of benzene rings is 2. The van der Waals surface area contributed by atoms with Crippen LogP contribution in [0.2, 0.25) is 0 Å². The summed E-state index contributed by atoms with van der Waals surface area (Å²) in [5.41, 5.74) is 0.889. The molecule has 3 nitrogen and oxygen atoms in total. The van der Waals surface area contributed by atoms with Crippen LogP contribution < -0.4 is 4.74 Å². The first kappa shape index (κ1) is 14.5. The minimum Gasteiger partial charge on any atom is -0.487 e. The fourth-order valence-electron chi connectivity index (χ4n) is 1.77. The van der Waals surface area contributed by atoms with Crippen LogP contribution in [0.3, 0.4) is 0 Å². The molecule has 0 aliphatic rings. The van der Waals surface area contributed by atoms with Gasteiger partial charge in [-0.1, -0.05) is 24.3 Å². The second-order valence-electron chi connectivity index (χ2n) is 4.07. The molecule has 0 fully saturated rings. The van der Waals surface area contributed by atoms with Crippen LogP contribution >= 0.6 is 15.9 Å². The number of halogens is 2. The van der Waals surface area contributed by atoms with Crippen molar-refractivity contribution in [2.75, 3.05) is 0 Å². The zero-order valence-corrected chi connectivity index (χ0v) is 12.0. The third-order valence-corrected chi connectivity index (χ3v) is 3.41. The van der Waals surface area contributed by atoms with Crippen molar-refractivity contribution in [1.29, 1.82) is 5.26 Å². The number of para-hydroxylation sites is 1. The molecular formula is C15H11BrFNO2. The highest BCUT2D eigenvalue weighted by atomic mass is 79.9. The van der Waals surface area contributed by atoms with Gasteiger partial charge in [0.1, 0.15) is 24.2 Å². The van der Waals surface area contributed by atoms with Gasteiger partial charge in [0, 0.05) is 11.1 Å². The Kier molecular flexibility index (Phi) is 4.72. The van der Waals surface area contributed by atoms with Gasteiger partial charge in [0.2, 0.25) is 0 Å². The van der Waals surface area contributed by atoms with Gasteiger partial charge in [0.25, 0.3) is 0 Å². The van der Waals surface area contributed by atoms with Crippen molar-refractivity contribution in [3.8, 4) is 11.8 Å². The Morgan fingerprint density at radius 2 is 1.90 bits per heavy atom. The topological polar surface area (TPSA) is 53.2 Å². The molecule has 0 spiro atoms. The van der Waals surface area contributed by atoms with Crippen LogP contribution in [0.5, 0.6) is 5.75 Å². The van der Waals surface area contributed by atoms with Crippen LogP contribution in [0.4, 0.5) is 4.39 Å². The molecule has 0 heterocycles. The molecule has 2 aromatic carbocycles. The lowest BCUT2D eigenvalue weighted by Gasteiger charge is -2.12. The number of rotatable bonds is 4. The first-order chi connectivity index (χ1) is 9.67. The van der Waals surface area contributed by atoms with Crippen molar-refractivity contribution in [2.45, 2.75) is 13.2 Å². The molecule has 1 N–H and O–H groups in total. The van der Waals surface area contributed by atoms with E-state index in [9.17, 15) is 9.50 Å². The molecule has 0 aliphatic carbocycles. The summed E-state index contributed by atoms with van der Waals surface area (Å²) in [6.07, 6.45) is 0. The fourth-order valence-corrected chi connectivity index (χ4v) is 2.29. The SMILES string of the molecule is N#Cc1cccc(COc2c(Br)cccc2CO)c1F. The maximum absolute atomic E-state index is 13.9. The minimum atomic E-state index is -0.576. The largest absolute Gasteiger partial charge is 0.487 e. The molecule has 5 heteroatoms. The summed E-state index contributed by atoms with van der Waals surface area (Å²) in [5.74, 6) is -0.107. The van der Waals surface area contributed by atoms with E-state index in [1.807, 2.05) is 0 Å². The van der Waals surface area contributed by atoms with Gasteiger partial charge in [-0.15, -0.1) is 0 Å². The monoisotopic (exact) mass is 335 g/mol. The standard InChI is InChI=1S/C15H11BrFNO2/c16-13-6-2-4-11(8-19)15(13)20-9-12-5-1-3-10(7-18)14(12)17/h1-6,19H,8-9H2. The zero-order valence-electron chi connectivity index (χ0n) is 10.4. The molecule has 0 aromatic heterocycles. The normalized spacial score (nSPS) is 10.1. The van der Waals surface area contributed by atoms with Gasteiger partial charge in [0.05, 0.1) is 16.6 Å². The van der Waals surface area contributed by atoms with Crippen molar-refractivity contribution in [1.82, 2.24) is 0 Å². The van der Waals surface area contributed by atoms with Gasteiger partial charge in [-0.05, 0) is 28.1 Å². The lowest BCUT2D eigenvalue weighted by molar-refractivity contribution is 0.256. The lowest BCUT2D eigenvalue weighted by Crippen LogP contribution is -2.02. The molecular weight excluding hydrogens is 325 g/mol. The summed E-state index contributed by atoms with van der Waals surface area (Å²) in [4.78, 5) is 0. The van der Waals surface area contributed by atoms with E-state index in [2.05, 4.69) is 15.9 Å². The van der Waals surface area contributed by atoms with Crippen molar-refractivity contribution >= 4 is 15.9 Å². The quantitative estimate of drug-likeness (QED) is 0.929. The van der Waals surface area contributed by atoms with E-state index < -0.39 is 5.82 Å². The molecule has 2 rings (SSSR count). The van der Waals surface area contributed by atoms with Crippen LogP contribution in [0, 0.1) is 17.1 Å². The highest BCUT2D eigenvalue weighted by Gasteiger charge is 2.11. The first-order valence-corrected chi connectivity index (χ1v) is 6.65. The van der Waals surface area contributed by atoms with Crippen LogP contribution in [0.15, 0.2) is 40.9 Å². The number of ether oxygens (including phenoxy) is 1. The maximum atomic E-state index is 13.9. The first-order valence-electron chi connectivity index (χ1n) is 5.86. The van der Waals surface area contributed by atoms with E-state index >= 15 is 0 Å². The molecule has 20 heavy (non-hydrogen) atoms. The molecule has 0 amide bonds. The average molecular weight is 336 g/mol. The van der Waals surface area contributed by atoms with E-state index in [-0.39, 0.29) is 18.8 Å². The van der Waals surface area contributed by atoms with Crippen LogP contribution in [0.25, 0.3) is 0 Å². The smallest absolute Gasteiger partial charge is 0.147 e. The van der Waals surface area contributed by atoms with Gasteiger partial charge in [-0.25, -0.2) is 4.39 Å². The number of hydrogen-bond donors (Lipinski definition) is 1. The molecule has 0 bridgehead atoms. The van der Waals surface area contributed by atoms with Gasteiger partial charge >= 0.3 is 0 Å². The highest BCUT2D eigenvalue weighted by molar-refractivity contribution is 9.10. The molecule has 2 aromatic rings. The van der Waals surface area contributed by atoms with Crippen LogP contribution in [-0.2, 0) is 13.2 Å². The Hall–Kier alpha value is -1.90. The van der Waals surface area contributed by atoms with Gasteiger partial charge < -0.3 is 9.84 Å². The van der Waals surface area contributed by atoms with Gasteiger partial charge in [-0.3, -0.25) is 0 Å². The number of aliphatic hydroxyl groups excluding tert-OH is 1. The molecule has 0 radical (unpaired) electrons. The Morgan fingerprint density at radius 1 is 1.20 bits per heavy atom. The predicted octanol–water partition coefficient (Wildman–Crippen LogP) is 3.53. The second-order valence-corrected chi connectivity index (χ2v) is 4.92. The summed E-state index contributed by atoms with van der Waals surface area (Å²) in [6.45, 7) is -0.188. The van der Waals surface area contributed by atoms with Crippen molar-refractivity contribution in [3.05, 3.63) is 63.4 Å².